The van der Waals surface area contributed by atoms with Crippen LogP contribution in [0.2, 0.25) is 0 Å². The molecule has 0 aliphatic heterocycles. The van der Waals surface area contributed by atoms with Gasteiger partial charge in [-0.3, -0.25) is 4.57 Å². The van der Waals surface area contributed by atoms with Gasteiger partial charge in [0, 0.05) is 6.66 Å². The minimum atomic E-state index is -2.43. The minimum absolute atomic E-state index is 1.51. The average molecular weight is 142 g/mol. The van der Waals surface area contributed by atoms with Gasteiger partial charge in [0.15, 0.2) is 0 Å². The van der Waals surface area contributed by atoms with Gasteiger partial charge >= 0.3 is 0 Å². The standard InChI is InChI=1S/C3H9ClNOP/c1-5(2)7(3,4)6/h1-3H3. The Morgan fingerprint density at radius 1 is 1.57 bits per heavy atom. The van der Waals surface area contributed by atoms with Crippen molar-refractivity contribution in [2.24, 2.45) is 0 Å². The maximum atomic E-state index is 10.6. The summed E-state index contributed by atoms with van der Waals surface area (Å²) in [6, 6.07) is 0. The Morgan fingerprint density at radius 2 is 1.71 bits per heavy atom. The van der Waals surface area contributed by atoms with Gasteiger partial charge in [-0.2, -0.15) is 0 Å². The van der Waals surface area contributed by atoms with Gasteiger partial charge in [-0.05, 0) is 25.3 Å². The molecule has 0 saturated carbocycles. The normalized spacial score (nSPS) is 19.6. The first-order valence-corrected chi connectivity index (χ1v) is 4.91. The van der Waals surface area contributed by atoms with Crippen LogP contribution in [0.5, 0.6) is 0 Å². The molecule has 2 nitrogen and oxygen atoms in total. The fraction of sp³-hybridized carbons (Fsp3) is 1.00. The molecule has 0 bridgehead atoms. The predicted molar refractivity (Wildman–Crippen MR) is 33.1 cm³/mol. The molecule has 0 saturated heterocycles. The SMILES string of the molecule is CN(C)P(C)(=O)Cl. The van der Waals surface area contributed by atoms with Gasteiger partial charge in [0.05, 0.1) is 0 Å². The molecule has 0 spiro atoms. The first-order valence-electron chi connectivity index (χ1n) is 1.89. The van der Waals surface area contributed by atoms with Gasteiger partial charge < -0.3 is 0 Å². The molecule has 1 unspecified atom stereocenters. The molecule has 1 atom stereocenters. The van der Waals surface area contributed by atoms with Crippen LogP contribution >= 0.6 is 17.9 Å². The number of hydrogen-bond acceptors (Lipinski definition) is 1. The van der Waals surface area contributed by atoms with Gasteiger partial charge in [0.2, 0.25) is 6.65 Å². The van der Waals surface area contributed by atoms with Crippen LogP contribution in [0.3, 0.4) is 0 Å². The second kappa shape index (κ2) is 2.17. The quantitative estimate of drug-likeness (QED) is 0.517. The fourth-order valence-corrected chi connectivity index (χ4v) is 0. The van der Waals surface area contributed by atoms with Crippen molar-refractivity contribution in [3.8, 4) is 0 Å². The highest BCUT2D eigenvalue weighted by Gasteiger charge is 2.10. The maximum Gasteiger partial charge on any atom is 0.231 e. The number of rotatable bonds is 1. The Bertz CT molecular complexity index is 97.1. The van der Waals surface area contributed by atoms with E-state index in [1.54, 1.807) is 14.1 Å². The third-order valence-electron chi connectivity index (χ3n) is 0.714. The number of halogens is 1. The molecule has 0 aliphatic carbocycles. The van der Waals surface area contributed by atoms with Crippen molar-refractivity contribution in [2.75, 3.05) is 20.8 Å². The summed E-state index contributed by atoms with van der Waals surface area (Å²) in [6.45, 7) is -0.924. The molecule has 7 heavy (non-hydrogen) atoms. The summed E-state index contributed by atoms with van der Waals surface area (Å²) in [5.74, 6) is 0. The van der Waals surface area contributed by atoms with Crippen molar-refractivity contribution in [1.29, 1.82) is 0 Å². The van der Waals surface area contributed by atoms with Crippen LogP contribution in [0.1, 0.15) is 0 Å². The van der Waals surface area contributed by atoms with Gasteiger partial charge in [0.25, 0.3) is 0 Å². The van der Waals surface area contributed by atoms with Crippen molar-refractivity contribution in [1.82, 2.24) is 4.67 Å². The molecular formula is C3H9ClNOP. The summed E-state index contributed by atoms with van der Waals surface area (Å²) in [5.41, 5.74) is 0. The topological polar surface area (TPSA) is 20.3 Å². The van der Waals surface area contributed by atoms with E-state index in [9.17, 15) is 4.57 Å². The molecule has 4 heteroatoms. The number of hydrogen-bond donors (Lipinski definition) is 0. The highest BCUT2D eigenvalue weighted by atomic mass is 35.7. The third kappa shape index (κ3) is 3.10. The van der Waals surface area contributed by atoms with Crippen LogP contribution in [0, 0.1) is 0 Å². The Hall–Kier alpha value is 0.480. The molecule has 0 N–H and O–H groups in total. The minimum Gasteiger partial charge on any atom is -0.289 e. The monoisotopic (exact) mass is 141 g/mol. The zero-order chi connectivity index (χ0) is 6.08. The Kier molecular flexibility index (Phi) is 2.31. The molecule has 0 fully saturated rings. The summed E-state index contributed by atoms with van der Waals surface area (Å²) in [4.78, 5) is 0. The van der Waals surface area contributed by atoms with Crippen LogP contribution < -0.4 is 0 Å². The smallest absolute Gasteiger partial charge is 0.231 e. The van der Waals surface area contributed by atoms with E-state index in [1.165, 1.54) is 11.3 Å². The Labute approximate surface area is 48.7 Å². The van der Waals surface area contributed by atoms with E-state index in [-0.39, 0.29) is 0 Å². The van der Waals surface area contributed by atoms with Crippen molar-refractivity contribution in [3.05, 3.63) is 0 Å². The molecular weight excluding hydrogens is 132 g/mol. The van der Waals surface area contributed by atoms with Crippen molar-refractivity contribution >= 4 is 17.9 Å². The zero-order valence-corrected chi connectivity index (χ0v) is 6.33. The second-order valence-corrected chi connectivity index (χ2v) is 5.86. The van der Waals surface area contributed by atoms with E-state index in [1.807, 2.05) is 0 Å². The maximum absolute atomic E-state index is 10.6. The van der Waals surface area contributed by atoms with Crippen molar-refractivity contribution in [2.45, 2.75) is 0 Å². The van der Waals surface area contributed by atoms with Crippen molar-refractivity contribution in [3.63, 3.8) is 0 Å². The summed E-state index contributed by atoms with van der Waals surface area (Å²) in [7, 11) is 3.38. The van der Waals surface area contributed by atoms with Gasteiger partial charge in [0.1, 0.15) is 0 Å². The fourth-order valence-electron chi connectivity index (χ4n) is 0. The van der Waals surface area contributed by atoms with Gasteiger partial charge in [-0.15, -0.1) is 0 Å². The Morgan fingerprint density at radius 3 is 1.71 bits per heavy atom. The van der Waals surface area contributed by atoms with E-state index >= 15 is 0 Å². The molecule has 0 amide bonds. The van der Waals surface area contributed by atoms with Crippen LogP contribution in [-0.4, -0.2) is 25.4 Å². The zero-order valence-electron chi connectivity index (χ0n) is 4.68. The molecule has 0 heterocycles. The molecule has 0 aromatic rings. The lowest BCUT2D eigenvalue weighted by atomic mass is 11.3. The van der Waals surface area contributed by atoms with Gasteiger partial charge in [-0.25, -0.2) is 4.67 Å². The molecule has 44 valence electrons. The highest BCUT2D eigenvalue weighted by molar-refractivity contribution is 7.86. The molecule has 0 aromatic heterocycles. The lowest BCUT2D eigenvalue weighted by Crippen LogP contribution is -2.01. The van der Waals surface area contributed by atoms with Gasteiger partial charge in [-0.1, -0.05) is 0 Å². The van der Waals surface area contributed by atoms with Crippen LogP contribution in [0.4, 0.5) is 0 Å². The van der Waals surface area contributed by atoms with E-state index < -0.39 is 6.65 Å². The lowest BCUT2D eigenvalue weighted by molar-refractivity contribution is 0.534. The Balaban J connectivity index is 3.80. The molecule has 0 aliphatic rings. The largest absolute Gasteiger partial charge is 0.289 e. The van der Waals surface area contributed by atoms with E-state index in [0.717, 1.165) is 0 Å². The van der Waals surface area contributed by atoms with Crippen molar-refractivity contribution < 1.29 is 4.57 Å². The first-order chi connectivity index (χ1) is 2.94. The molecule has 0 rings (SSSR count). The highest BCUT2D eigenvalue weighted by Crippen LogP contribution is 2.48. The summed E-state index contributed by atoms with van der Waals surface area (Å²) in [6.07, 6.45) is 0. The summed E-state index contributed by atoms with van der Waals surface area (Å²) >= 11 is 5.35. The predicted octanol–water partition coefficient (Wildman–Crippen LogP) is 1.61. The summed E-state index contributed by atoms with van der Waals surface area (Å²) < 4.78 is 12.1. The molecule has 0 radical (unpaired) electrons. The average Bonchev–Trinajstić information content (AvgIpc) is 1.31. The van der Waals surface area contributed by atoms with E-state index in [0.29, 0.717) is 0 Å². The van der Waals surface area contributed by atoms with Crippen LogP contribution in [0.25, 0.3) is 0 Å². The van der Waals surface area contributed by atoms with Crippen LogP contribution in [-0.2, 0) is 4.57 Å². The third-order valence-corrected chi connectivity index (χ3v) is 3.05. The van der Waals surface area contributed by atoms with Crippen LogP contribution in [0.15, 0.2) is 0 Å². The summed E-state index contributed by atoms with van der Waals surface area (Å²) in [5, 5.41) is 0. The molecule has 0 aromatic carbocycles. The first kappa shape index (κ1) is 7.48. The second-order valence-electron chi connectivity index (χ2n) is 1.63. The lowest BCUT2D eigenvalue weighted by Gasteiger charge is -2.10. The number of nitrogens with zero attached hydrogens (tertiary/aromatic N) is 1. The van der Waals surface area contributed by atoms with E-state index in [2.05, 4.69) is 0 Å². The van der Waals surface area contributed by atoms with E-state index in [4.69, 9.17) is 11.2 Å².